The van der Waals surface area contributed by atoms with E-state index in [9.17, 15) is 9.18 Å². The van der Waals surface area contributed by atoms with Gasteiger partial charge in [0, 0.05) is 11.8 Å². The lowest BCUT2D eigenvalue weighted by Gasteiger charge is -2.03. The summed E-state index contributed by atoms with van der Waals surface area (Å²) in [7, 11) is 0. The van der Waals surface area contributed by atoms with Gasteiger partial charge in [-0.25, -0.2) is 9.37 Å². The summed E-state index contributed by atoms with van der Waals surface area (Å²) >= 11 is 1.30. The van der Waals surface area contributed by atoms with Crippen molar-refractivity contribution in [2.24, 2.45) is 5.73 Å². The molecule has 0 aliphatic rings. The predicted octanol–water partition coefficient (Wildman–Crippen LogP) is 2.91. The van der Waals surface area contributed by atoms with Gasteiger partial charge in [-0.05, 0) is 30.3 Å². The van der Waals surface area contributed by atoms with Crippen LogP contribution in [-0.2, 0) is 0 Å². The van der Waals surface area contributed by atoms with E-state index in [-0.39, 0.29) is 11.3 Å². The number of nitrogens with zero attached hydrogens (tertiary/aromatic N) is 1. The number of ether oxygens (including phenoxy) is 1. The summed E-state index contributed by atoms with van der Waals surface area (Å²) < 4.78 is 20.0. The zero-order chi connectivity index (χ0) is 15.0. The molecule has 1 aromatic heterocycles. The summed E-state index contributed by atoms with van der Waals surface area (Å²) in [6.07, 6.45) is 0. The Bertz CT molecular complexity index is 847. The minimum Gasteiger partial charge on any atom is -0.431 e. The van der Waals surface area contributed by atoms with Crippen LogP contribution in [0.1, 0.15) is 10.4 Å². The number of thiazole rings is 1. The number of fused-ring (bicyclic) bond motifs is 1. The molecule has 0 atom stereocenters. The van der Waals surface area contributed by atoms with Gasteiger partial charge >= 0.3 is 0 Å². The van der Waals surface area contributed by atoms with Crippen molar-refractivity contribution >= 4 is 33.1 Å². The number of hydrogen-bond acceptors (Lipinski definition) is 5. The molecule has 5 nitrogen and oxygen atoms in total. The molecule has 0 saturated carbocycles. The van der Waals surface area contributed by atoms with Gasteiger partial charge in [0.15, 0.2) is 0 Å². The van der Waals surface area contributed by atoms with Crippen LogP contribution in [-0.4, -0.2) is 10.9 Å². The highest BCUT2D eigenvalue weighted by Gasteiger charge is 2.11. The number of benzene rings is 2. The molecule has 0 bridgehead atoms. The molecule has 0 spiro atoms. The maximum absolute atomic E-state index is 13.6. The molecule has 0 aliphatic carbocycles. The molecule has 1 amide bonds. The first-order valence-electron chi connectivity index (χ1n) is 5.96. The van der Waals surface area contributed by atoms with E-state index in [4.69, 9.17) is 16.2 Å². The number of hydrogen-bond donors (Lipinski definition) is 2. The molecular formula is C14H10FN3O2S. The lowest BCUT2D eigenvalue weighted by Crippen LogP contribution is -2.12. The molecule has 0 aliphatic heterocycles. The fourth-order valence-corrected chi connectivity index (χ4v) is 2.71. The van der Waals surface area contributed by atoms with Crippen LogP contribution in [0, 0.1) is 5.82 Å². The van der Waals surface area contributed by atoms with E-state index < -0.39 is 11.7 Å². The fraction of sp³-hybridized carbons (Fsp3) is 0. The number of amides is 1. The first-order valence-corrected chi connectivity index (χ1v) is 6.78. The van der Waals surface area contributed by atoms with Gasteiger partial charge in [-0.15, -0.1) is 0 Å². The smallest absolute Gasteiger partial charge is 0.279 e. The minimum absolute atomic E-state index is 0.181. The second-order valence-corrected chi connectivity index (χ2v) is 5.31. The molecule has 0 unspecified atom stereocenters. The van der Waals surface area contributed by atoms with E-state index in [1.807, 2.05) is 0 Å². The number of primary amides is 1. The lowest BCUT2D eigenvalue weighted by atomic mass is 10.2. The van der Waals surface area contributed by atoms with Crippen LogP contribution in [0.5, 0.6) is 10.9 Å². The number of nitrogen functional groups attached to an aromatic ring is 1. The van der Waals surface area contributed by atoms with Crippen LogP contribution in [0.3, 0.4) is 0 Å². The third-order valence-electron chi connectivity index (χ3n) is 2.80. The molecule has 1 heterocycles. The Morgan fingerprint density at radius 2 is 2.05 bits per heavy atom. The third kappa shape index (κ3) is 2.63. The molecule has 7 heteroatoms. The van der Waals surface area contributed by atoms with Crippen LogP contribution < -0.4 is 16.2 Å². The summed E-state index contributed by atoms with van der Waals surface area (Å²) in [5.74, 6) is -1.32. The Balaban J connectivity index is 1.91. The molecule has 21 heavy (non-hydrogen) atoms. The van der Waals surface area contributed by atoms with Crippen molar-refractivity contribution < 1.29 is 13.9 Å². The van der Waals surface area contributed by atoms with Crippen molar-refractivity contribution in [2.45, 2.75) is 0 Å². The van der Waals surface area contributed by atoms with Gasteiger partial charge in [0.2, 0.25) is 0 Å². The number of halogens is 1. The average molecular weight is 303 g/mol. The summed E-state index contributed by atoms with van der Waals surface area (Å²) in [6.45, 7) is 0. The second kappa shape index (κ2) is 5.02. The third-order valence-corrected chi connectivity index (χ3v) is 3.70. The molecule has 0 radical (unpaired) electrons. The first kappa shape index (κ1) is 13.3. The zero-order valence-electron chi connectivity index (χ0n) is 10.7. The van der Waals surface area contributed by atoms with Crippen LogP contribution in [0.4, 0.5) is 10.1 Å². The van der Waals surface area contributed by atoms with E-state index in [0.717, 1.165) is 16.3 Å². The predicted molar refractivity (Wildman–Crippen MR) is 79.0 cm³/mol. The van der Waals surface area contributed by atoms with Crippen molar-refractivity contribution in [1.82, 2.24) is 4.98 Å². The quantitative estimate of drug-likeness (QED) is 0.728. The maximum atomic E-state index is 13.6. The topological polar surface area (TPSA) is 91.2 Å². The van der Waals surface area contributed by atoms with Crippen molar-refractivity contribution in [1.29, 1.82) is 0 Å². The molecule has 4 N–H and O–H groups in total. The summed E-state index contributed by atoms with van der Waals surface area (Å²) in [4.78, 5) is 15.2. The SMILES string of the molecule is NC(=O)c1ccc(Oc2nc3ccc(N)cc3s2)cc1F. The van der Waals surface area contributed by atoms with E-state index in [2.05, 4.69) is 4.98 Å². The summed E-state index contributed by atoms with van der Waals surface area (Å²) in [6, 6.07) is 9.15. The average Bonchev–Trinajstić information content (AvgIpc) is 2.79. The highest BCUT2D eigenvalue weighted by molar-refractivity contribution is 7.20. The van der Waals surface area contributed by atoms with Crippen LogP contribution in [0.2, 0.25) is 0 Å². The van der Waals surface area contributed by atoms with Gasteiger partial charge in [0.1, 0.15) is 11.6 Å². The fourth-order valence-electron chi connectivity index (χ4n) is 1.82. The van der Waals surface area contributed by atoms with Gasteiger partial charge in [0.25, 0.3) is 11.1 Å². The number of rotatable bonds is 3. The lowest BCUT2D eigenvalue weighted by molar-refractivity contribution is 0.0996. The van der Waals surface area contributed by atoms with E-state index in [1.165, 1.54) is 23.5 Å². The number of aromatic nitrogens is 1. The summed E-state index contributed by atoms with van der Waals surface area (Å²) in [5, 5.41) is 0.363. The number of nitrogens with two attached hydrogens (primary N) is 2. The standard InChI is InChI=1S/C14H10FN3O2S/c15-10-6-8(2-3-9(10)13(17)19)20-14-18-11-4-1-7(16)5-12(11)21-14/h1-6H,16H2,(H2,17,19). The number of carbonyl (C=O) groups is 1. The van der Waals surface area contributed by atoms with Crippen LogP contribution in [0.25, 0.3) is 10.2 Å². The maximum Gasteiger partial charge on any atom is 0.279 e. The van der Waals surface area contributed by atoms with Crippen molar-refractivity contribution in [3.63, 3.8) is 0 Å². The van der Waals surface area contributed by atoms with Gasteiger partial charge < -0.3 is 16.2 Å². The van der Waals surface area contributed by atoms with Gasteiger partial charge in [-0.3, -0.25) is 4.79 Å². The summed E-state index contributed by atoms with van der Waals surface area (Å²) in [5.41, 5.74) is 11.9. The van der Waals surface area contributed by atoms with Crippen LogP contribution in [0.15, 0.2) is 36.4 Å². The largest absolute Gasteiger partial charge is 0.431 e. The highest BCUT2D eigenvalue weighted by Crippen LogP contribution is 2.32. The minimum atomic E-state index is -0.825. The Kier molecular flexibility index (Phi) is 3.19. The second-order valence-electron chi connectivity index (χ2n) is 4.31. The Labute approximate surface area is 123 Å². The van der Waals surface area contributed by atoms with Gasteiger partial charge in [0.05, 0.1) is 15.8 Å². The Morgan fingerprint density at radius 1 is 1.24 bits per heavy atom. The Morgan fingerprint density at radius 3 is 2.76 bits per heavy atom. The Hall–Kier alpha value is -2.67. The van der Waals surface area contributed by atoms with Crippen molar-refractivity contribution in [3.8, 4) is 10.9 Å². The molecule has 0 fully saturated rings. The van der Waals surface area contributed by atoms with Gasteiger partial charge in [-0.2, -0.15) is 0 Å². The van der Waals surface area contributed by atoms with Crippen molar-refractivity contribution in [2.75, 3.05) is 5.73 Å². The van der Waals surface area contributed by atoms with Gasteiger partial charge in [-0.1, -0.05) is 11.3 Å². The number of anilines is 1. The normalized spacial score (nSPS) is 10.7. The first-order chi connectivity index (χ1) is 10.0. The molecule has 3 aromatic rings. The van der Waals surface area contributed by atoms with E-state index in [1.54, 1.807) is 18.2 Å². The molecule has 0 saturated heterocycles. The zero-order valence-corrected chi connectivity index (χ0v) is 11.5. The molecule has 106 valence electrons. The highest BCUT2D eigenvalue weighted by atomic mass is 32.1. The monoisotopic (exact) mass is 303 g/mol. The molecular weight excluding hydrogens is 293 g/mol. The molecule has 3 rings (SSSR count). The van der Waals surface area contributed by atoms with Crippen LogP contribution >= 0.6 is 11.3 Å². The number of carbonyl (C=O) groups excluding carboxylic acids is 1. The van der Waals surface area contributed by atoms with Crippen molar-refractivity contribution in [3.05, 3.63) is 47.8 Å². The molecule has 2 aromatic carbocycles. The van der Waals surface area contributed by atoms with E-state index in [0.29, 0.717) is 10.9 Å². The van der Waals surface area contributed by atoms with E-state index >= 15 is 0 Å².